The van der Waals surface area contributed by atoms with E-state index in [9.17, 15) is 0 Å². The second-order valence-corrected chi connectivity index (χ2v) is 24.2. The van der Waals surface area contributed by atoms with Gasteiger partial charge in [-0.2, -0.15) is 0 Å². The Morgan fingerprint density at radius 3 is 1.34 bits per heavy atom. The van der Waals surface area contributed by atoms with Crippen LogP contribution in [0.4, 0.5) is 0 Å². The van der Waals surface area contributed by atoms with Crippen molar-refractivity contribution in [1.82, 2.24) is 39.9 Å². The fourth-order valence-corrected chi connectivity index (χ4v) is 14.1. The highest BCUT2D eigenvalue weighted by atomic mass is 16.3. The summed E-state index contributed by atoms with van der Waals surface area (Å²) in [5, 5.41) is 11.9. The monoisotopic (exact) mass is 1230 g/mol. The summed E-state index contributed by atoms with van der Waals surface area (Å²) in [5.74, 6) is 3.23. The summed E-state index contributed by atoms with van der Waals surface area (Å²) >= 11 is 0. The quantitative estimate of drug-likeness (QED) is 0.135. The molecule has 12 heteroatoms. The molecule has 96 heavy (non-hydrogen) atoms. The maximum Gasteiger partial charge on any atom is 0.164 e. The number of hydrogen-bond donors (Lipinski definition) is 0. The van der Waals surface area contributed by atoms with E-state index in [4.69, 9.17) is 47.6 Å². The zero-order chi connectivity index (χ0) is 63.0. The van der Waals surface area contributed by atoms with E-state index in [1.165, 1.54) is 0 Å². The highest BCUT2D eigenvalue weighted by molar-refractivity contribution is 6.20. The maximum absolute atomic E-state index is 6.91. The van der Waals surface area contributed by atoms with Crippen LogP contribution in [0.5, 0.6) is 0 Å². The van der Waals surface area contributed by atoms with Crippen molar-refractivity contribution in [3.05, 3.63) is 280 Å². The molecule has 0 aliphatic rings. The molecule has 0 saturated heterocycles. The molecule has 0 fully saturated rings. The average Bonchev–Trinajstić information content (AvgIpc) is 1.52. The van der Waals surface area contributed by atoms with Crippen LogP contribution in [0.25, 0.3) is 211 Å². The largest absolute Gasteiger partial charge is 0.456 e. The zero-order valence-corrected chi connectivity index (χ0v) is 50.8. The minimum atomic E-state index is 0.500. The van der Waals surface area contributed by atoms with Crippen molar-refractivity contribution in [2.45, 2.75) is 0 Å². The van der Waals surface area contributed by atoms with E-state index >= 15 is 0 Å². The minimum absolute atomic E-state index is 0.500. The van der Waals surface area contributed by atoms with Crippen molar-refractivity contribution >= 4 is 109 Å². The van der Waals surface area contributed by atoms with Crippen LogP contribution in [0.3, 0.4) is 0 Å². The number of aromatic nitrogens is 8. The van der Waals surface area contributed by atoms with Gasteiger partial charge in [-0.3, -0.25) is 9.97 Å². The number of hydrogen-bond acceptors (Lipinski definition) is 12. The third-order valence-electron chi connectivity index (χ3n) is 18.5. The first-order valence-electron chi connectivity index (χ1n) is 31.7. The van der Waals surface area contributed by atoms with Gasteiger partial charge in [0.2, 0.25) is 0 Å². The van der Waals surface area contributed by atoms with Gasteiger partial charge in [0.05, 0.1) is 12.4 Å². The topological polar surface area (TPSA) is 156 Å². The van der Waals surface area contributed by atoms with Crippen molar-refractivity contribution in [3.8, 4) is 102 Å². The van der Waals surface area contributed by atoms with Gasteiger partial charge < -0.3 is 17.7 Å². The number of rotatable bonds is 9. The lowest BCUT2D eigenvalue weighted by Crippen LogP contribution is -2.00. The number of para-hydroxylation sites is 2. The number of benzene rings is 12. The zero-order valence-electron chi connectivity index (χ0n) is 50.8. The Morgan fingerprint density at radius 2 is 0.698 bits per heavy atom. The molecule has 0 bridgehead atoms. The maximum atomic E-state index is 6.91. The molecule has 0 unspecified atom stereocenters. The van der Waals surface area contributed by atoms with Gasteiger partial charge in [0, 0.05) is 94.4 Å². The van der Waals surface area contributed by atoms with Crippen LogP contribution >= 0.6 is 0 Å². The van der Waals surface area contributed by atoms with Crippen LogP contribution in [0.2, 0.25) is 0 Å². The molecule has 446 valence electrons. The summed E-state index contributed by atoms with van der Waals surface area (Å²) in [6, 6.07) is 87.3. The number of fused-ring (bicyclic) bond motifs is 14. The standard InChI is InChI=1S/C84H46N8O4/c1-4-15-48(16-5-1)79-87-80(49-17-6-2-7-18-49)90-83(89-79)66-40-55(42-71-76(66)62-33-35-85-45-73(62)94-71)58-24-14-28-69-75(58)65-39-51-21-12-23-57(64(51)44-70(65)93-69)52-31-29-47-30-32-53(38-54(47)37-52)82-88-81(50-19-8-3-9-20-50)91-84(92-82)67-41-56(43-72-77(67)63-34-36-86-46-74(63)95-72)59-25-13-26-61-60-22-10-11-27-68(60)96-78(59)61/h1-46H. The molecule has 0 saturated carbocycles. The fraction of sp³-hybridized carbons (Fsp3) is 0. The van der Waals surface area contributed by atoms with Gasteiger partial charge in [-0.25, -0.2) is 29.9 Å². The first-order valence-corrected chi connectivity index (χ1v) is 31.7. The van der Waals surface area contributed by atoms with Gasteiger partial charge in [-0.15, -0.1) is 0 Å². The molecule has 12 nitrogen and oxygen atoms in total. The van der Waals surface area contributed by atoms with Crippen molar-refractivity contribution in [3.63, 3.8) is 0 Å². The van der Waals surface area contributed by atoms with E-state index in [0.717, 1.165) is 154 Å². The van der Waals surface area contributed by atoms with Crippen LogP contribution in [0.1, 0.15) is 0 Å². The normalized spacial score (nSPS) is 12.0. The van der Waals surface area contributed by atoms with Gasteiger partial charge in [0.15, 0.2) is 46.1 Å². The predicted molar refractivity (Wildman–Crippen MR) is 382 cm³/mol. The molecule has 20 rings (SSSR count). The molecule has 0 spiro atoms. The molecule has 8 heterocycles. The third kappa shape index (κ3) is 8.63. The third-order valence-corrected chi connectivity index (χ3v) is 18.5. The number of pyridine rings is 2. The lowest BCUT2D eigenvalue weighted by molar-refractivity contribution is 0.666. The number of furan rings is 4. The summed E-state index contributed by atoms with van der Waals surface area (Å²) < 4.78 is 26.8. The van der Waals surface area contributed by atoms with Crippen molar-refractivity contribution in [2.24, 2.45) is 0 Å². The van der Waals surface area contributed by atoms with E-state index in [-0.39, 0.29) is 0 Å². The molecule has 0 aliphatic carbocycles. The van der Waals surface area contributed by atoms with Crippen LogP contribution in [0.15, 0.2) is 297 Å². The number of nitrogens with zero attached hydrogens (tertiary/aromatic N) is 8. The SMILES string of the molecule is c1ccc(-c2nc(-c3ccc4ccc(-c5cccc6cc7c(cc56)oc5cccc(-c6cc(-c8nc(-c9ccccc9)nc(-c9ccccc9)n8)c8c(c6)oc6cnccc68)c57)cc4c3)nc(-c3cc(-c4cccc5c4oc4ccccc45)cc4oc5cnccc5c34)n2)cc1. The van der Waals surface area contributed by atoms with E-state index in [2.05, 4.69) is 131 Å². The first kappa shape index (κ1) is 53.4. The summed E-state index contributed by atoms with van der Waals surface area (Å²) in [5.41, 5.74) is 16.7. The Labute approximate surface area is 545 Å². The Bertz CT molecular complexity index is 6540. The second kappa shape index (κ2) is 21.1. The smallest absolute Gasteiger partial charge is 0.164 e. The molecule has 8 aromatic heterocycles. The van der Waals surface area contributed by atoms with Gasteiger partial charge >= 0.3 is 0 Å². The molecule has 0 radical (unpaired) electrons. The predicted octanol–water partition coefficient (Wildman–Crippen LogP) is 21.8. The second-order valence-electron chi connectivity index (χ2n) is 24.2. The van der Waals surface area contributed by atoms with E-state index < -0.39 is 0 Å². The van der Waals surface area contributed by atoms with Gasteiger partial charge in [-0.1, -0.05) is 182 Å². The highest BCUT2D eigenvalue weighted by Crippen LogP contribution is 2.47. The summed E-state index contributed by atoms with van der Waals surface area (Å²) in [6.45, 7) is 0. The van der Waals surface area contributed by atoms with Crippen molar-refractivity contribution in [2.75, 3.05) is 0 Å². The van der Waals surface area contributed by atoms with Crippen LogP contribution in [0, 0.1) is 0 Å². The van der Waals surface area contributed by atoms with E-state index in [0.29, 0.717) is 57.3 Å². The van der Waals surface area contributed by atoms with E-state index in [1.807, 2.05) is 133 Å². The van der Waals surface area contributed by atoms with Gasteiger partial charge in [0.1, 0.15) is 33.5 Å². The molecule has 0 aliphatic heterocycles. The molecule has 12 aromatic carbocycles. The van der Waals surface area contributed by atoms with Crippen LogP contribution < -0.4 is 0 Å². The average molecular weight is 1230 g/mol. The van der Waals surface area contributed by atoms with Crippen molar-refractivity contribution in [1.29, 1.82) is 0 Å². The Balaban J connectivity index is 0.714. The molecule has 20 aromatic rings. The Hall–Kier alpha value is -13.3. The molecule has 0 N–H and O–H groups in total. The summed E-state index contributed by atoms with van der Waals surface area (Å²) in [7, 11) is 0. The Morgan fingerprint density at radius 1 is 0.208 bits per heavy atom. The lowest BCUT2D eigenvalue weighted by atomic mass is 9.93. The van der Waals surface area contributed by atoms with Gasteiger partial charge in [-0.05, 0) is 122 Å². The minimum Gasteiger partial charge on any atom is -0.456 e. The Kier molecular flexibility index (Phi) is 11.7. The van der Waals surface area contributed by atoms with E-state index in [1.54, 1.807) is 24.8 Å². The van der Waals surface area contributed by atoms with Crippen LogP contribution in [-0.4, -0.2) is 39.9 Å². The molecule has 0 atom stereocenters. The highest BCUT2D eigenvalue weighted by Gasteiger charge is 2.25. The summed E-state index contributed by atoms with van der Waals surface area (Å²) in [6.07, 6.45) is 7.10. The lowest BCUT2D eigenvalue weighted by Gasteiger charge is -2.12. The van der Waals surface area contributed by atoms with Crippen molar-refractivity contribution < 1.29 is 17.7 Å². The fourth-order valence-electron chi connectivity index (χ4n) is 14.1. The first-order chi connectivity index (χ1) is 47.5. The van der Waals surface area contributed by atoms with Gasteiger partial charge in [0.25, 0.3) is 0 Å². The molecular formula is C84H46N8O4. The molecule has 0 amide bonds. The molecular weight excluding hydrogens is 1180 g/mol. The van der Waals surface area contributed by atoms with Crippen LogP contribution in [-0.2, 0) is 0 Å². The summed E-state index contributed by atoms with van der Waals surface area (Å²) in [4.78, 5) is 40.3.